The van der Waals surface area contributed by atoms with Crippen LogP contribution in [0, 0.1) is 0 Å². The first-order valence-electron chi connectivity index (χ1n) is 4.46. The zero-order chi connectivity index (χ0) is 9.80. The number of nitrogens with zero attached hydrogens (tertiary/aromatic N) is 1. The van der Waals surface area contributed by atoms with Crippen LogP contribution in [0.1, 0.15) is 0 Å². The summed E-state index contributed by atoms with van der Waals surface area (Å²) >= 11 is 0. The van der Waals surface area contributed by atoms with Crippen LogP contribution in [-0.4, -0.2) is 26.0 Å². The van der Waals surface area contributed by atoms with Crippen LogP contribution in [-0.2, 0) is 4.84 Å². The number of rotatable bonds is 2. The Bertz CT molecular complexity index is 339. The summed E-state index contributed by atoms with van der Waals surface area (Å²) in [5.74, 6) is 0.853. The normalized spacial score (nSPS) is 19.6. The molecule has 14 heavy (non-hydrogen) atoms. The highest BCUT2D eigenvalue weighted by atomic mass is 16.6. The van der Waals surface area contributed by atoms with Crippen molar-refractivity contribution in [2.75, 3.05) is 19.0 Å². The SMILES string of the molecule is CON=CC1CNc2ccccc2O1. The summed E-state index contributed by atoms with van der Waals surface area (Å²) in [5.41, 5.74) is 1.02. The lowest BCUT2D eigenvalue weighted by Gasteiger charge is -2.24. The number of anilines is 1. The summed E-state index contributed by atoms with van der Waals surface area (Å²) in [5, 5.41) is 6.93. The van der Waals surface area contributed by atoms with Crippen LogP contribution in [0.3, 0.4) is 0 Å². The van der Waals surface area contributed by atoms with E-state index < -0.39 is 0 Å². The first-order valence-corrected chi connectivity index (χ1v) is 4.46. The Labute approximate surface area is 82.5 Å². The number of fused-ring (bicyclic) bond motifs is 1. The number of benzene rings is 1. The Morgan fingerprint density at radius 1 is 1.57 bits per heavy atom. The summed E-state index contributed by atoms with van der Waals surface area (Å²) in [6, 6.07) is 7.82. The maximum atomic E-state index is 5.64. The van der Waals surface area contributed by atoms with Gasteiger partial charge in [0.1, 0.15) is 12.9 Å². The molecule has 1 atom stereocenters. The summed E-state index contributed by atoms with van der Waals surface area (Å²) < 4.78 is 5.64. The molecule has 1 N–H and O–H groups in total. The summed E-state index contributed by atoms with van der Waals surface area (Å²) in [7, 11) is 1.51. The molecule has 0 aliphatic carbocycles. The summed E-state index contributed by atoms with van der Waals surface area (Å²) in [6.07, 6.45) is 1.58. The van der Waals surface area contributed by atoms with Gasteiger partial charge in [0.25, 0.3) is 0 Å². The lowest BCUT2D eigenvalue weighted by Crippen LogP contribution is -2.31. The third-order valence-corrected chi connectivity index (χ3v) is 1.99. The molecule has 1 aromatic rings. The Balaban J connectivity index is 2.09. The Hall–Kier alpha value is -1.71. The summed E-state index contributed by atoms with van der Waals surface area (Å²) in [4.78, 5) is 4.59. The van der Waals surface area contributed by atoms with Gasteiger partial charge in [-0.25, -0.2) is 0 Å². The minimum atomic E-state index is -0.0650. The monoisotopic (exact) mass is 192 g/mol. The fourth-order valence-electron chi connectivity index (χ4n) is 1.34. The standard InChI is InChI=1S/C10H12N2O2/c1-13-12-7-8-6-11-9-4-2-3-5-10(9)14-8/h2-5,7-8,11H,6H2,1H3. The maximum Gasteiger partial charge on any atom is 0.154 e. The van der Waals surface area contributed by atoms with Gasteiger partial charge in [0.15, 0.2) is 6.10 Å². The molecule has 0 saturated carbocycles. The van der Waals surface area contributed by atoms with Gasteiger partial charge in [-0.1, -0.05) is 17.3 Å². The van der Waals surface area contributed by atoms with E-state index in [9.17, 15) is 0 Å². The first kappa shape index (κ1) is 8.87. The lowest BCUT2D eigenvalue weighted by atomic mass is 10.2. The molecule has 4 nitrogen and oxygen atoms in total. The predicted octanol–water partition coefficient (Wildman–Crippen LogP) is 1.49. The number of hydrogen-bond acceptors (Lipinski definition) is 4. The smallest absolute Gasteiger partial charge is 0.154 e. The molecule has 0 radical (unpaired) electrons. The third kappa shape index (κ3) is 1.79. The van der Waals surface area contributed by atoms with Gasteiger partial charge in [0.05, 0.1) is 18.4 Å². The van der Waals surface area contributed by atoms with E-state index in [0.717, 1.165) is 11.4 Å². The van der Waals surface area contributed by atoms with Crippen LogP contribution in [0.15, 0.2) is 29.4 Å². The lowest BCUT2D eigenvalue weighted by molar-refractivity contribution is 0.205. The molecule has 4 heteroatoms. The van der Waals surface area contributed by atoms with Crippen molar-refractivity contribution in [1.29, 1.82) is 0 Å². The van der Waals surface area contributed by atoms with Crippen molar-refractivity contribution in [2.24, 2.45) is 5.16 Å². The van der Waals surface area contributed by atoms with Crippen molar-refractivity contribution in [3.8, 4) is 5.75 Å². The van der Waals surface area contributed by atoms with Gasteiger partial charge in [-0.2, -0.15) is 0 Å². The molecule has 1 aliphatic rings. The molecule has 0 spiro atoms. The average molecular weight is 192 g/mol. The fraction of sp³-hybridized carbons (Fsp3) is 0.300. The second kappa shape index (κ2) is 4.00. The van der Waals surface area contributed by atoms with E-state index in [1.807, 2.05) is 24.3 Å². The van der Waals surface area contributed by atoms with Crippen LogP contribution >= 0.6 is 0 Å². The highest BCUT2D eigenvalue weighted by Crippen LogP contribution is 2.27. The topological polar surface area (TPSA) is 42.8 Å². The van der Waals surface area contributed by atoms with Gasteiger partial charge in [-0.3, -0.25) is 0 Å². The number of ether oxygens (including phenoxy) is 1. The molecule has 0 saturated heterocycles. The van der Waals surface area contributed by atoms with Crippen molar-refractivity contribution in [2.45, 2.75) is 6.10 Å². The summed E-state index contributed by atoms with van der Waals surface area (Å²) in [6.45, 7) is 0.712. The van der Waals surface area contributed by atoms with Crippen LogP contribution in [0.2, 0.25) is 0 Å². The predicted molar refractivity (Wildman–Crippen MR) is 54.8 cm³/mol. The Kier molecular flexibility index (Phi) is 2.53. The zero-order valence-electron chi connectivity index (χ0n) is 7.93. The highest BCUT2D eigenvalue weighted by Gasteiger charge is 2.16. The van der Waals surface area contributed by atoms with Crippen molar-refractivity contribution in [1.82, 2.24) is 0 Å². The van der Waals surface area contributed by atoms with E-state index in [-0.39, 0.29) is 6.10 Å². The van der Waals surface area contributed by atoms with E-state index >= 15 is 0 Å². The van der Waals surface area contributed by atoms with E-state index in [1.54, 1.807) is 6.21 Å². The third-order valence-electron chi connectivity index (χ3n) is 1.99. The molecule has 74 valence electrons. The molecule has 2 rings (SSSR count). The molecule has 1 aromatic carbocycles. The molecule has 0 amide bonds. The van der Waals surface area contributed by atoms with Crippen molar-refractivity contribution in [3.05, 3.63) is 24.3 Å². The number of nitrogens with one attached hydrogen (secondary N) is 1. The molecule has 0 fully saturated rings. The molecule has 1 aliphatic heterocycles. The first-order chi connectivity index (χ1) is 6.90. The van der Waals surface area contributed by atoms with Gasteiger partial charge in [0, 0.05) is 0 Å². The number of hydrogen-bond donors (Lipinski definition) is 1. The largest absolute Gasteiger partial charge is 0.481 e. The van der Waals surface area contributed by atoms with Gasteiger partial charge in [-0.05, 0) is 12.1 Å². The zero-order valence-corrected chi connectivity index (χ0v) is 7.93. The minimum absolute atomic E-state index is 0.0650. The van der Waals surface area contributed by atoms with Gasteiger partial charge in [-0.15, -0.1) is 0 Å². The molecule has 1 heterocycles. The molecule has 0 aromatic heterocycles. The van der Waals surface area contributed by atoms with Crippen molar-refractivity contribution in [3.63, 3.8) is 0 Å². The second-order valence-electron chi connectivity index (χ2n) is 2.97. The molecular formula is C10H12N2O2. The van der Waals surface area contributed by atoms with Crippen LogP contribution in [0.4, 0.5) is 5.69 Å². The van der Waals surface area contributed by atoms with Gasteiger partial charge >= 0.3 is 0 Å². The second-order valence-corrected chi connectivity index (χ2v) is 2.97. The van der Waals surface area contributed by atoms with E-state index in [2.05, 4.69) is 15.3 Å². The molecule has 1 unspecified atom stereocenters. The molecule has 0 bridgehead atoms. The van der Waals surface area contributed by atoms with Gasteiger partial charge in [0.2, 0.25) is 0 Å². The Morgan fingerprint density at radius 2 is 2.43 bits per heavy atom. The average Bonchev–Trinajstić information content (AvgIpc) is 2.26. The number of oxime groups is 1. The highest BCUT2D eigenvalue weighted by molar-refractivity contribution is 5.68. The fourth-order valence-corrected chi connectivity index (χ4v) is 1.34. The van der Waals surface area contributed by atoms with Gasteiger partial charge < -0.3 is 14.9 Å². The number of para-hydroxylation sites is 2. The van der Waals surface area contributed by atoms with E-state index in [4.69, 9.17) is 4.74 Å². The Morgan fingerprint density at radius 3 is 3.29 bits per heavy atom. The van der Waals surface area contributed by atoms with E-state index in [1.165, 1.54) is 7.11 Å². The molecular weight excluding hydrogens is 180 g/mol. The van der Waals surface area contributed by atoms with E-state index in [0.29, 0.717) is 6.54 Å². The van der Waals surface area contributed by atoms with Crippen LogP contribution in [0.5, 0.6) is 5.75 Å². The van der Waals surface area contributed by atoms with Crippen molar-refractivity contribution >= 4 is 11.9 Å². The van der Waals surface area contributed by atoms with Crippen molar-refractivity contribution < 1.29 is 9.57 Å². The maximum absolute atomic E-state index is 5.64. The van der Waals surface area contributed by atoms with Crippen LogP contribution in [0.25, 0.3) is 0 Å². The quantitative estimate of drug-likeness (QED) is 0.570. The van der Waals surface area contributed by atoms with Crippen LogP contribution < -0.4 is 10.1 Å². The minimum Gasteiger partial charge on any atom is -0.481 e.